The molecule has 0 saturated carbocycles. The molecular formula is C12H16F3NO3S. The van der Waals surface area contributed by atoms with Crippen LogP contribution in [0.25, 0.3) is 0 Å². The van der Waals surface area contributed by atoms with Gasteiger partial charge in [-0.3, -0.25) is 0 Å². The molecule has 2 N–H and O–H groups in total. The monoisotopic (exact) mass is 311 g/mol. The lowest BCUT2D eigenvalue weighted by molar-refractivity contribution is -0.139. The molecule has 8 heteroatoms. The zero-order valence-electron chi connectivity index (χ0n) is 10.8. The highest BCUT2D eigenvalue weighted by atomic mass is 32.2. The molecule has 0 saturated heterocycles. The van der Waals surface area contributed by atoms with Crippen molar-refractivity contribution in [3.05, 3.63) is 29.8 Å². The highest BCUT2D eigenvalue weighted by Crippen LogP contribution is 2.33. The Morgan fingerprint density at radius 1 is 1.30 bits per heavy atom. The van der Waals surface area contributed by atoms with Gasteiger partial charge in [0.1, 0.15) is 0 Å². The fraction of sp³-hybridized carbons (Fsp3) is 0.500. The molecule has 114 valence electrons. The van der Waals surface area contributed by atoms with Crippen molar-refractivity contribution in [2.75, 3.05) is 6.61 Å². The van der Waals surface area contributed by atoms with E-state index >= 15 is 0 Å². The molecule has 0 bridgehead atoms. The lowest BCUT2D eigenvalue weighted by Crippen LogP contribution is -2.34. The van der Waals surface area contributed by atoms with Crippen molar-refractivity contribution in [3.63, 3.8) is 0 Å². The van der Waals surface area contributed by atoms with E-state index in [0.29, 0.717) is 12.8 Å². The number of sulfonamides is 1. The quantitative estimate of drug-likeness (QED) is 0.846. The number of nitrogens with one attached hydrogen (secondary N) is 1. The van der Waals surface area contributed by atoms with Crippen LogP contribution >= 0.6 is 0 Å². The van der Waals surface area contributed by atoms with Gasteiger partial charge in [0.25, 0.3) is 0 Å². The average Bonchev–Trinajstić information content (AvgIpc) is 2.35. The van der Waals surface area contributed by atoms with E-state index in [9.17, 15) is 21.6 Å². The number of aliphatic hydroxyl groups excluding tert-OH is 1. The summed E-state index contributed by atoms with van der Waals surface area (Å²) in [5.74, 6) is 0. The predicted octanol–water partition coefficient (Wildman–Crippen LogP) is 2.14. The van der Waals surface area contributed by atoms with Gasteiger partial charge >= 0.3 is 6.18 Å². The first kappa shape index (κ1) is 16.9. The van der Waals surface area contributed by atoms with Crippen molar-refractivity contribution < 1.29 is 26.7 Å². The molecule has 0 aliphatic rings. The van der Waals surface area contributed by atoms with E-state index in [2.05, 4.69) is 4.72 Å². The molecule has 0 aliphatic carbocycles. The zero-order chi connectivity index (χ0) is 15.4. The van der Waals surface area contributed by atoms with Gasteiger partial charge in [-0.25, -0.2) is 13.1 Å². The Balaban J connectivity index is 3.05. The third kappa shape index (κ3) is 4.46. The second-order valence-electron chi connectivity index (χ2n) is 4.38. The molecule has 1 unspecified atom stereocenters. The van der Waals surface area contributed by atoms with E-state index in [-0.39, 0.29) is 6.61 Å². The number of rotatable bonds is 6. The van der Waals surface area contributed by atoms with Crippen LogP contribution in [-0.2, 0) is 16.2 Å². The largest absolute Gasteiger partial charge is 0.417 e. The summed E-state index contributed by atoms with van der Waals surface area (Å²) in [7, 11) is -4.26. The fourth-order valence-electron chi connectivity index (χ4n) is 1.72. The SMILES string of the molecule is CC(CCCO)NS(=O)(=O)c1ccccc1C(F)(F)F. The number of aliphatic hydroxyl groups is 1. The maximum Gasteiger partial charge on any atom is 0.417 e. The summed E-state index contributed by atoms with van der Waals surface area (Å²) in [5, 5.41) is 8.66. The molecule has 0 fully saturated rings. The van der Waals surface area contributed by atoms with Crippen LogP contribution in [0, 0.1) is 0 Å². The molecule has 0 amide bonds. The van der Waals surface area contributed by atoms with Crippen LogP contribution in [0.2, 0.25) is 0 Å². The van der Waals surface area contributed by atoms with Crippen LogP contribution in [0.4, 0.5) is 13.2 Å². The molecule has 1 rings (SSSR count). The summed E-state index contributed by atoms with van der Waals surface area (Å²) in [6, 6.07) is 3.46. The van der Waals surface area contributed by atoms with E-state index in [1.165, 1.54) is 13.0 Å². The van der Waals surface area contributed by atoms with Gasteiger partial charge in [-0.15, -0.1) is 0 Å². The normalized spacial score (nSPS) is 14.2. The molecule has 0 spiro atoms. The summed E-state index contributed by atoms with van der Waals surface area (Å²) in [4.78, 5) is -0.789. The Morgan fingerprint density at radius 3 is 2.45 bits per heavy atom. The van der Waals surface area contributed by atoms with Gasteiger partial charge in [0.2, 0.25) is 10.0 Å². The third-order valence-corrected chi connectivity index (χ3v) is 4.28. The van der Waals surface area contributed by atoms with Crippen molar-refractivity contribution >= 4 is 10.0 Å². The van der Waals surface area contributed by atoms with Gasteiger partial charge in [0.15, 0.2) is 0 Å². The van der Waals surface area contributed by atoms with Gasteiger partial charge in [0.05, 0.1) is 10.5 Å². The first-order valence-corrected chi connectivity index (χ1v) is 7.46. The Kier molecular flexibility index (Phi) is 5.55. The Bertz CT molecular complexity index is 543. The summed E-state index contributed by atoms with van der Waals surface area (Å²) in [6.07, 6.45) is -4.03. The van der Waals surface area contributed by atoms with Crippen LogP contribution in [0.5, 0.6) is 0 Å². The Labute approximate surface area is 115 Å². The highest BCUT2D eigenvalue weighted by molar-refractivity contribution is 7.89. The van der Waals surface area contributed by atoms with E-state index in [4.69, 9.17) is 5.11 Å². The van der Waals surface area contributed by atoms with E-state index in [1.807, 2.05) is 0 Å². The second kappa shape index (κ2) is 6.55. The predicted molar refractivity (Wildman–Crippen MR) is 67.5 cm³/mol. The molecule has 0 aliphatic heterocycles. The molecule has 20 heavy (non-hydrogen) atoms. The van der Waals surface area contributed by atoms with Crippen LogP contribution in [-0.4, -0.2) is 26.2 Å². The minimum Gasteiger partial charge on any atom is -0.396 e. The number of halogens is 3. The van der Waals surface area contributed by atoms with Crippen LogP contribution in [0.3, 0.4) is 0 Å². The molecule has 1 aromatic carbocycles. The molecular weight excluding hydrogens is 295 g/mol. The van der Waals surface area contributed by atoms with Crippen molar-refractivity contribution in [2.24, 2.45) is 0 Å². The Hall–Kier alpha value is -1.12. The number of hydrogen-bond acceptors (Lipinski definition) is 3. The molecule has 1 atom stereocenters. The number of benzene rings is 1. The van der Waals surface area contributed by atoms with Crippen molar-refractivity contribution in [2.45, 2.75) is 36.9 Å². The molecule has 0 radical (unpaired) electrons. The van der Waals surface area contributed by atoms with E-state index < -0.39 is 32.7 Å². The smallest absolute Gasteiger partial charge is 0.396 e. The maximum atomic E-state index is 12.8. The third-order valence-electron chi connectivity index (χ3n) is 2.63. The van der Waals surface area contributed by atoms with Crippen LogP contribution < -0.4 is 4.72 Å². The summed E-state index contributed by atoms with van der Waals surface area (Å²) >= 11 is 0. The summed E-state index contributed by atoms with van der Waals surface area (Å²) < 4.78 is 64.6. The van der Waals surface area contributed by atoms with Crippen LogP contribution in [0.15, 0.2) is 29.2 Å². The Morgan fingerprint density at radius 2 is 1.90 bits per heavy atom. The lowest BCUT2D eigenvalue weighted by atomic mass is 10.2. The number of hydrogen-bond donors (Lipinski definition) is 2. The van der Waals surface area contributed by atoms with Crippen molar-refractivity contribution in [3.8, 4) is 0 Å². The topological polar surface area (TPSA) is 66.4 Å². The number of alkyl halides is 3. The highest BCUT2D eigenvalue weighted by Gasteiger charge is 2.37. The minimum absolute atomic E-state index is 0.106. The van der Waals surface area contributed by atoms with Gasteiger partial charge in [-0.2, -0.15) is 13.2 Å². The zero-order valence-corrected chi connectivity index (χ0v) is 11.6. The van der Waals surface area contributed by atoms with Gasteiger partial charge in [-0.05, 0) is 31.9 Å². The average molecular weight is 311 g/mol. The van der Waals surface area contributed by atoms with Crippen LogP contribution in [0.1, 0.15) is 25.3 Å². The van der Waals surface area contributed by atoms with Gasteiger partial charge in [-0.1, -0.05) is 12.1 Å². The summed E-state index contributed by atoms with van der Waals surface area (Å²) in [5.41, 5.74) is -1.19. The van der Waals surface area contributed by atoms with Gasteiger partial charge < -0.3 is 5.11 Å². The standard InChI is InChI=1S/C12H16F3NO3S/c1-9(5-4-8-17)16-20(18,19)11-7-3-2-6-10(11)12(13,14)15/h2-3,6-7,9,16-17H,4-5,8H2,1H3. The van der Waals surface area contributed by atoms with Gasteiger partial charge in [0, 0.05) is 12.6 Å². The first-order valence-electron chi connectivity index (χ1n) is 5.98. The maximum absolute atomic E-state index is 12.8. The van der Waals surface area contributed by atoms with E-state index in [1.54, 1.807) is 0 Å². The fourth-order valence-corrected chi connectivity index (χ4v) is 3.23. The minimum atomic E-state index is -4.74. The second-order valence-corrected chi connectivity index (χ2v) is 6.06. The molecule has 0 heterocycles. The molecule has 0 aromatic heterocycles. The van der Waals surface area contributed by atoms with E-state index in [0.717, 1.165) is 18.2 Å². The van der Waals surface area contributed by atoms with Crippen molar-refractivity contribution in [1.82, 2.24) is 4.72 Å². The van der Waals surface area contributed by atoms with Crippen molar-refractivity contribution in [1.29, 1.82) is 0 Å². The molecule has 1 aromatic rings. The molecule has 4 nitrogen and oxygen atoms in total. The first-order chi connectivity index (χ1) is 9.18. The lowest BCUT2D eigenvalue weighted by Gasteiger charge is -2.17. The summed E-state index contributed by atoms with van der Waals surface area (Å²) in [6.45, 7) is 1.43.